The topological polar surface area (TPSA) is 75.7 Å². The van der Waals surface area contributed by atoms with Gasteiger partial charge in [-0.2, -0.15) is 12.7 Å². The van der Waals surface area contributed by atoms with Gasteiger partial charge in [0.1, 0.15) is 0 Å². The van der Waals surface area contributed by atoms with Crippen LogP contribution >= 0.6 is 0 Å². The van der Waals surface area contributed by atoms with Crippen LogP contribution in [0, 0.1) is 5.92 Å². The minimum absolute atomic E-state index is 0.129. The fraction of sp³-hybridized carbons (Fsp3) is 0.667. The van der Waals surface area contributed by atoms with Crippen LogP contribution < -0.4 is 4.72 Å². The molecule has 28 heavy (non-hydrogen) atoms. The molecule has 3 rings (SSSR count). The number of carbonyl (C=O) groups is 1. The average Bonchev–Trinajstić information content (AvgIpc) is 2.74. The summed E-state index contributed by atoms with van der Waals surface area (Å²) in [5.41, 5.74) is 1.09. The largest absolute Gasteiger partial charge is 0.466 e. The lowest BCUT2D eigenvalue weighted by atomic mass is 9.69. The summed E-state index contributed by atoms with van der Waals surface area (Å²) in [6.45, 7) is 3.29. The molecule has 1 saturated heterocycles. The lowest BCUT2D eigenvalue weighted by molar-refractivity contribution is -0.149. The van der Waals surface area contributed by atoms with Gasteiger partial charge in [-0.3, -0.25) is 4.79 Å². The summed E-state index contributed by atoms with van der Waals surface area (Å²) in [6, 6.07) is 10.3. The molecule has 7 heteroatoms. The molecule has 1 aromatic carbocycles. The first-order valence-corrected chi connectivity index (χ1v) is 11.9. The SMILES string of the molecule is CCOC(=O)C1CCN(S(=O)(=O)NCC2(c3ccccc3)CCCCC2)CC1. The maximum atomic E-state index is 12.9. The van der Waals surface area contributed by atoms with Gasteiger partial charge in [0.05, 0.1) is 12.5 Å². The normalized spacial score (nSPS) is 21.3. The van der Waals surface area contributed by atoms with E-state index < -0.39 is 10.2 Å². The first-order valence-electron chi connectivity index (χ1n) is 10.4. The monoisotopic (exact) mass is 408 g/mol. The number of hydrogen-bond donors (Lipinski definition) is 1. The Morgan fingerprint density at radius 1 is 1.14 bits per heavy atom. The van der Waals surface area contributed by atoms with Crippen LogP contribution in [-0.4, -0.2) is 44.9 Å². The van der Waals surface area contributed by atoms with Crippen LogP contribution in [0.1, 0.15) is 57.4 Å². The Morgan fingerprint density at radius 2 is 1.79 bits per heavy atom. The molecule has 6 nitrogen and oxygen atoms in total. The van der Waals surface area contributed by atoms with Gasteiger partial charge in [-0.05, 0) is 38.2 Å². The Kier molecular flexibility index (Phi) is 7.12. The second-order valence-electron chi connectivity index (χ2n) is 7.96. The zero-order valence-electron chi connectivity index (χ0n) is 16.7. The summed E-state index contributed by atoms with van der Waals surface area (Å²) in [5, 5.41) is 0. The summed E-state index contributed by atoms with van der Waals surface area (Å²) in [5.74, 6) is -0.404. The molecule has 1 aromatic rings. The summed E-state index contributed by atoms with van der Waals surface area (Å²) in [6.07, 6.45) is 6.51. The first-order chi connectivity index (χ1) is 13.5. The first kappa shape index (κ1) is 21.3. The third-order valence-corrected chi connectivity index (χ3v) is 7.76. The highest BCUT2D eigenvalue weighted by Gasteiger charge is 2.37. The molecule has 1 aliphatic heterocycles. The van der Waals surface area contributed by atoms with Crippen molar-refractivity contribution in [3.8, 4) is 0 Å². The van der Waals surface area contributed by atoms with Crippen LogP contribution in [0.25, 0.3) is 0 Å². The van der Waals surface area contributed by atoms with Crippen molar-refractivity contribution in [2.75, 3.05) is 26.2 Å². The van der Waals surface area contributed by atoms with Gasteiger partial charge < -0.3 is 4.74 Å². The predicted molar refractivity (Wildman–Crippen MR) is 109 cm³/mol. The predicted octanol–water partition coefficient (Wildman–Crippen LogP) is 3.00. The molecule has 1 N–H and O–H groups in total. The van der Waals surface area contributed by atoms with Crippen molar-refractivity contribution in [3.63, 3.8) is 0 Å². The highest BCUT2D eigenvalue weighted by Crippen LogP contribution is 2.39. The molecule has 0 atom stereocenters. The van der Waals surface area contributed by atoms with Crippen molar-refractivity contribution in [1.29, 1.82) is 0 Å². The van der Waals surface area contributed by atoms with E-state index in [9.17, 15) is 13.2 Å². The van der Waals surface area contributed by atoms with Gasteiger partial charge in [0, 0.05) is 25.0 Å². The number of benzene rings is 1. The maximum Gasteiger partial charge on any atom is 0.309 e. The molecule has 2 aliphatic rings. The Hall–Kier alpha value is -1.44. The third kappa shape index (κ3) is 4.93. The highest BCUT2D eigenvalue weighted by molar-refractivity contribution is 7.87. The molecule has 0 unspecified atom stereocenters. The zero-order valence-corrected chi connectivity index (χ0v) is 17.5. The molecular formula is C21H32N2O4S. The molecule has 1 heterocycles. The number of nitrogens with zero attached hydrogens (tertiary/aromatic N) is 1. The van der Waals surface area contributed by atoms with Crippen LogP contribution in [-0.2, 0) is 25.2 Å². The highest BCUT2D eigenvalue weighted by atomic mass is 32.2. The average molecular weight is 409 g/mol. The van der Waals surface area contributed by atoms with Gasteiger partial charge in [-0.25, -0.2) is 4.72 Å². The molecule has 0 spiro atoms. The zero-order chi connectivity index (χ0) is 20.0. The maximum absolute atomic E-state index is 12.9. The van der Waals surface area contributed by atoms with E-state index in [1.165, 1.54) is 16.3 Å². The number of piperidine rings is 1. The van der Waals surface area contributed by atoms with E-state index in [2.05, 4.69) is 16.9 Å². The number of nitrogens with one attached hydrogen (secondary N) is 1. The van der Waals surface area contributed by atoms with Crippen molar-refractivity contribution in [1.82, 2.24) is 9.03 Å². The second kappa shape index (κ2) is 9.37. The minimum Gasteiger partial charge on any atom is -0.466 e. The molecule has 1 saturated carbocycles. The minimum atomic E-state index is -3.56. The van der Waals surface area contributed by atoms with E-state index in [0.29, 0.717) is 39.1 Å². The van der Waals surface area contributed by atoms with Gasteiger partial charge in [0.2, 0.25) is 0 Å². The van der Waals surface area contributed by atoms with Crippen LogP contribution in [0.4, 0.5) is 0 Å². The quantitative estimate of drug-likeness (QED) is 0.704. The number of hydrogen-bond acceptors (Lipinski definition) is 4. The van der Waals surface area contributed by atoms with Crippen molar-refractivity contribution in [3.05, 3.63) is 35.9 Å². The summed E-state index contributed by atoms with van der Waals surface area (Å²) < 4.78 is 35.2. The van der Waals surface area contributed by atoms with Crippen LogP contribution in [0.2, 0.25) is 0 Å². The number of ether oxygens (including phenoxy) is 1. The van der Waals surface area contributed by atoms with Crippen molar-refractivity contribution >= 4 is 16.2 Å². The number of rotatable bonds is 7. The van der Waals surface area contributed by atoms with Gasteiger partial charge in [-0.1, -0.05) is 49.6 Å². The smallest absolute Gasteiger partial charge is 0.309 e. The Bertz CT molecular complexity index is 737. The Morgan fingerprint density at radius 3 is 2.39 bits per heavy atom. The van der Waals surface area contributed by atoms with E-state index in [4.69, 9.17) is 4.74 Å². The standard InChI is InChI=1S/C21H32N2O4S/c1-2-27-20(24)18-11-15-23(16-12-18)28(25,26)22-17-21(13-7-4-8-14-21)19-9-5-3-6-10-19/h3,5-6,9-10,18,22H,2,4,7-8,11-17H2,1H3. The van der Waals surface area contributed by atoms with Crippen molar-refractivity contribution in [2.45, 2.75) is 57.3 Å². The fourth-order valence-corrected chi connectivity index (χ4v) is 5.83. The second-order valence-corrected chi connectivity index (χ2v) is 9.71. The molecule has 0 amide bonds. The summed E-state index contributed by atoms with van der Waals surface area (Å²) in [7, 11) is -3.56. The van der Waals surface area contributed by atoms with E-state index in [1.54, 1.807) is 6.92 Å². The van der Waals surface area contributed by atoms with Crippen LogP contribution in [0.5, 0.6) is 0 Å². The molecule has 1 aliphatic carbocycles. The summed E-state index contributed by atoms with van der Waals surface area (Å²) in [4.78, 5) is 11.9. The van der Waals surface area contributed by atoms with E-state index in [-0.39, 0.29) is 17.3 Å². The van der Waals surface area contributed by atoms with Crippen LogP contribution in [0.15, 0.2) is 30.3 Å². The lowest BCUT2D eigenvalue weighted by Gasteiger charge is -2.39. The Balaban J connectivity index is 1.63. The summed E-state index contributed by atoms with van der Waals surface area (Å²) >= 11 is 0. The van der Waals surface area contributed by atoms with Crippen LogP contribution in [0.3, 0.4) is 0 Å². The van der Waals surface area contributed by atoms with Gasteiger partial charge in [0.15, 0.2) is 0 Å². The van der Waals surface area contributed by atoms with Gasteiger partial charge in [0.25, 0.3) is 10.2 Å². The molecule has 0 radical (unpaired) electrons. The lowest BCUT2D eigenvalue weighted by Crippen LogP contribution is -2.50. The van der Waals surface area contributed by atoms with Gasteiger partial charge in [-0.15, -0.1) is 0 Å². The number of esters is 1. The molecule has 0 bridgehead atoms. The van der Waals surface area contributed by atoms with Crippen molar-refractivity contribution < 1.29 is 17.9 Å². The van der Waals surface area contributed by atoms with Gasteiger partial charge >= 0.3 is 5.97 Å². The van der Waals surface area contributed by atoms with E-state index in [0.717, 1.165) is 25.7 Å². The third-order valence-electron chi connectivity index (χ3n) is 6.20. The molecule has 0 aromatic heterocycles. The molecule has 156 valence electrons. The fourth-order valence-electron chi connectivity index (χ4n) is 4.50. The molecule has 2 fully saturated rings. The van der Waals surface area contributed by atoms with E-state index >= 15 is 0 Å². The number of carbonyl (C=O) groups excluding carboxylic acids is 1. The Labute approximate surface area is 168 Å². The molecular weight excluding hydrogens is 376 g/mol. The van der Waals surface area contributed by atoms with E-state index in [1.807, 2.05) is 18.2 Å². The van der Waals surface area contributed by atoms with Crippen molar-refractivity contribution in [2.24, 2.45) is 5.92 Å².